The van der Waals surface area contributed by atoms with E-state index in [0.717, 1.165) is 16.8 Å². The highest BCUT2D eigenvalue weighted by atomic mass is 16.2. The Hall–Kier alpha value is -2.80. The first-order chi connectivity index (χ1) is 12.6. The molecule has 0 radical (unpaired) electrons. The summed E-state index contributed by atoms with van der Waals surface area (Å²) < 4.78 is 0. The molecule has 4 rings (SSSR count). The van der Waals surface area contributed by atoms with Crippen LogP contribution in [0.25, 0.3) is 0 Å². The van der Waals surface area contributed by atoms with Gasteiger partial charge in [-0.15, -0.1) is 0 Å². The molecule has 0 saturated carbocycles. The molecule has 2 aromatic rings. The third-order valence-electron chi connectivity index (χ3n) is 5.23. The lowest BCUT2D eigenvalue weighted by atomic mass is 10.1. The Balaban J connectivity index is 1.54. The second kappa shape index (κ2) is 6.84. The summed E-state index contributed by atoms with van der Waals surface area (Å²) in [6, 6.07) is 9.11. The lowest BCUT2D eigenvalue weighted by molar-refractivity contribution is -0.138. The van der Waals surface area contributed by atoms with Crippen LogP contribution in [0.5, 0.6) is 0 Å². The Bertz CT molecular complexity index is 801. The number of aromatic nitrogens is 2. The summed E-state index contributed by atoms with van der Waals surface area (Å²) in [7, 11) is 0. The molecule has 26 heavy (non-hydrogen) atoms. The second-order valence-electron chi connectivity index (χ2n) is 6.86. The Labute approximate surface area is 151 Å². The van der Waals surface area contributed by atoms with Gasteiger partial charge in [0.15, 0.2) is 0 Å². The van der Waals surface area contributed by atoms with Crippen molar-refractivity contribution in [2.75, 3.05) is 0 Å². The standard InChI is InChI=1S/C19H21N5O2/c20-18(25)16-6-7-17(24(16)9-13-4-2-1-3-5-13)19(26)23-10-14-8-21-12-22-15(14)11-23/h1-5,8,12,16-17H,6-7,9-11H2,(H2,20,25)/t16-,17+/m0/s1. The van der Waals surface area contributed by atoms with E-state index in [1.165, 1.54) is 6.33 Å². The number of hydrogen-bond donors (Lipinski definition) is 1. The predicted octanol–water partition coefficient (Wildman–Crippen LogP) is 0.837. The van der Waals surface area contributed by atoms with E-state index < -0.39 is 6.04 Å². The summed E-state index contributed by atoms with van der Waals surface area (Å²) in [6.45, 7) is 1.55. The molecule has 3 heterocycles. The van der Waals surface area contributed by atoms with Crippen LogP contribution < -0.4 is 5.73 Å². The first kappa shape index (κ1) is 16.7. The van der Waals surface area contributed by atoms with Gasteiger partial charge >= 0.3 is 0 Å². The summed E-state index contributed by atoms with van der Waals surface area (Å²) >= 11 is 0. The zero-order valence-electron chi connectivity index (χ0n) is 14.4. The van der Waals surface area contributed by atoms with E-state index in [1.807, 2.05) is 35.2 Å². The smallest absolute Gasteiger partial charge is 0.240 e. The number of primary amides is 1. The molecule has 1 aromatic heterocycles. The van der Waals surface area contributed by atoms with Crippen molar-refractivity contribution >= 4 is 11.8 Å². The van der Waals surface area contributed by atoms with Gasteiger partial charge in [0.25, 0.3) is 0 Å². The van der Waals surface area contributed by atoms with Gasteiger partial charge in [0.1, 0.15) is 6.33 Å². The van der Waals surface area contributed by atoms with E-state index in [1.54, 1.807) is 11.1 Å². The number of benzene rings is 1. The molecule has 2 N–H and O–H groups in total. The third-order valence-corrected chi connectivity index (χ3v) is 5.23. The number of nitrogens with zero attached hydrogens (tertiary/aromatic N) is 4. The average molecular weight is 351 g/mol. The van der Waals surface area contributed by atoms with Crippen molar-refractivity contribution in [2.24, 2.45) is 5.73 Å². The Morgan fingerprint density at radius 1 is 1.12 bits per heavy atom. The van der Waals surface area contributed by atoms with Gasteiger partial charge in [-0.05, 0) is 18.4 Å². The highest BCUT2D eigenvalue weighted by Crippen LogP contribution is 2.30. The molecule has 0 unspecified atom stereocenters. The maximum atomic E-state index is 13.2. The molecule has 0 bridgehead atoms. The molecule has 2 aliphatic heterocycles. The minimum absolute atomic E-state index is 0.0303. The van der Waals surface area contributed by atoms with Crippen LogP contribution in [0.15, 0.2) is 42.9 Å². The lowest BCUT2D eigenvalue weighted by Crippen LogP contribution is -2.49. The van der Waals surface area contributed by atoms with Gasteiger partial charge in [-0.25, -0.2) is 9.97 Å². The summed E-state index contributed by atoms with van der Waals surface area (Å²) in [5.74, 6) is -0.338. The largest absolute Gasteiger partial charge is 0.368 e. The molecule has 2 atom stereocenters. The van der Waals surface area contributed by atoms with Gasteiger partial charge in [0, 0.05) is 24.8 Å². The van der Waals surface area contributed by atoms with Crippen LogP contribution in [-0.2, 0) is 29.2 Å². The number of amides is 2. The van der Waals surface area contributed by atoms with Gasteiger partial charge < -0.3 is 10.6 Å². The molecular weight excluding hydrogens is 330 g/mol. The van der Waals surface area contributed by atoms with E-state index in [0.29, 0.717) is 32.5 Å². The van der Waals surface area contributed by atoms with Crippen LogP contribution in [0.2, 0.25) is 0 Å². The van der Waals surface area contributed by atoms with Crippen molar-refractivity contribution in [3.8, 4) is 0 Å². The van der Waals surface area contributed by atoms with E-state index in [2.05, 4.69) is 9.97 Å². The van der Waals surface area contributed by atoms with Crippen LogP contribution in [0.1, 0.15) is 29.7 Å². The summed E-state index contributed by atoms with van der Waals surface area (Å²) in [5.41, 5.74) is 8.55. The van der Waals surface area contributed by atoms with Crippen molar-refractivity contribution in [3.63, 3.8) is 0 Å². The molecular formula is C19H21N5O2. The normalized spacial score (nSPS) is 22.4. The highest BCUT2D eigenvalue weighted by Gasteiger charge is 2.43. The van der Waals surface area contributed by atoms with E-state index >= 15 is 0 Å². The first-order valence-electron chi connectivity index (χ1n) is 8.79. The summed E-state index contributed by atoms with van der Waals surface area (Å²) in [6.07, 6.45) is 4.52. The number of rotatable bonds is 4. The minimum Gasteiger partial charge on any atom is -0.368 e. The van der Waals surface area contributed by atoms with Gasteiger partial charge in [-0.3, -0.25) is 14.5 Å². The van der Waals surface area contributed by atoms with Crippen LogP contribution in [0.3, 0.4) is 0 Å². The Morgan fingerprint density at radius 2 is 1.88 bits per heavy atom. The fraction of sp³-hybridized carbons (Fsp3) is 0.368. The van der Waals surface area contributed by atoms with E-state index in [9.17, 15) is 9.59 Å². The van der Waals surface area contributed by atoms with Gasteiger partial charge in [0.05, 0.1) is 24.3 Å². The highest BCUT2D eigenvalue weighted by molar-refractivity contribution is 5.86. The van der Waals surface area contributed by atoms with Crippen LogP contribution in [0, 0.1) is 0 Å². The molecule has 1 aromatic carbocycles. The number of likely N-dealkylation sites (tertiary alicyclic amines) is 1. The van der Waals surface area contributed by atoms with Crippen LogP contribution in [-0.4, -0.2) is 43.7 Å². The maximum Gasteiger partial charge on any atom is 0.240 e. The fourth-order valence-electron chi connectivity index (χ4n) is 3.92. The quantitative estimate of drug-likeness (QED) is 0.881. The summed E-state index contributed by atoms with van der Waals surface area (Å²) in [5, 5.41) is 0. The fourth-order valence-corrected chi connectivity index (χ4v) is 3.92. The maximum absolute atomic E-state index is 13.2. The predicted molar refractivity (Wildman–Crippen MR) is 94.3 cm³/mol. The molecule has 7 heteroatoms. The van der Waals surface area contributed by atoms with Gasteiger partial charge in [0.2, 0.25) is 11.8 Å². The minimum atomic E-state index is -0.408. The summed E-state index contributed by atoms with van der Waals surface area (Å²) in [4.78, 5) is 37.1. The Kier molecular flexibility index (Phi) is 4.38. The number of nitrogens with two attached hydrogens (primary N) is 1. The molecule has 134 valence electrons. The van der Waals surface area contributed by atoms with Crippen molar-refractivity contribution in [1.82, 2.24) is 19.8 Å². The van der Waals surface area contributed by atoms with Crippen LogP contribution in [0.4, 0.5) is 0 Å². The molecule has 7 nitrogen and oxygen atoms in total. The number of hydrogen-bond acceptors (Lipinski definition) is 5. The van der Waals surface area contributed by atoms with Gasteiger partial charge in [-0.1, -0.05) is 30.3 Å². The zero-order valence-corrected chi connectivity index (χ0v) is 14.4. The third kappa shape index (κ3) is 3.06. The lowest BCUT2D eigenvalue weighted by Gasteiger charge is -2.30. The van der Waals surface area contributed by atoms with E-state index in [-0.39, 0.29) is 17.9 Å². The molecule has 2 aliphatic rings. The molecule has 1 saturated heterocycles. The van der Waals surface area contributed by atoms with Crippen molar-refractivity contribution < 1.29 is 9.59 Å². The van der Waals surface area contributed by atoms with Crippen molar-refractivity contribution in [1.29, 1.82) is 0 Å². The molecule has 2 amide bonds. The molecule has 0 aliphatic carbocycles. The Morgan fingerprint density at radius 3 is 2.62 bits per heavy atom. The molecule has 1 fully saturated rings. The van der Waals surface area contributed by atoms with Crippen molar-refractivity contribution in [2.45, 2.75) is 44.6 Å². The van der Waals surface area contributed by atoms with Crippen molar-refractivity contribution in [3.05, 3.63) is 59.7 Å². The number of fused-ring (bicyclic) bond motifs is 1. The zero-order chi connectivity index (χ0) is 18.1. The average Bonchev–Trinajstić information content (AvgIpc) is 3.26. The monoisotopic (exact) mass is 351 g/mol. The SMILES string of the molecule is NC(=O)[C@@H]1CC[C@H](C(=O)N2Cc3cncnc3C2)N1Cc1ccccc1. The number of carbonyl (C=O) groups excluding carboxylic acids is 2. The van der Waals surface area contributed by atoms with Gasteiger partial charge in [-0.2, -0.15) is 0 Å². The first-order valence-corrected chi connectivity index (χ1v) is 8.79. The van der Waals surface area contributed by atoms with E-state index in [4.69, 9.17) is 5.73 Å². The second-order valence-corrected chi connectivity index (χ2v) is 6.86. The van der Waals surface area contributed by atoms with Crippen LogP contribution >= 0.6 is 0 Å². The number of carbonyl (C=O) groups is 2. The topological polar surface area (TPSA) is 92.4 Å². The molecule has 0 spiro atoms.